The Bertz CT molecular complexity index is 1440. The molecule has 0 aliphatic rings. The molecule has 0 saturated carbocycles. The van der Waals surface area contributed by atoms with Gasteiger partial charge in [0.1, 0.15) is 5.60 Å². The Labute approximate surface area is 225 Å². The minimum atomic E-state index is -1.33. The van der Waals surface area contributed by atoms with Crippen molar-refractivity contribution >= 4 is 38.2 Å². The molecule has 2 aromatic carbocycles. The molecular formula is C29H30BrN3O2S. The summed E-state index contributed by atoms with van der Waals surface area (Å²) in [7, 11) is 5.61. The number of hydrogen-bond donors (Lipinski definition) is 1. The lowest BCUT2D eigenvalue weighted by Gasteiger charge is -2.39. The third kappa shape index (κ3) is 5.18. The summed E-state index contributed by atoms with van der Waals surface area (Å²) >= 11 is 5.29. The minimum Gasteiger partial charge on any atom is -0.481 e. The normalized spacial score (nSPS) is 14.0. The molecule has 1 N–H and O–H groups in total. The lowest BCUT2D eigenvalue weighted by molar-refractivity contribution is 0.00374. The Kier molecular flexibility index (Phi) is 7.82. The number of ether oxygens (including phenoxy) is 1. The highest BCUT2D eigenvalue weighted by atomic mass is 79.9. The molecule has 36 heavy (non-hydrogen) atoms. The standard InChI is InChI=1S/C29H30BrN3O2S/c1-18-13-24(19(2)36-18)27(25-16-21-15-23(30)9-10-26(21)32-28(25)35-5)29(34,11-12-33(3)4)22-8-6-7-20(14-22)17-31/h6-10,13-16,27,34H,11-12H2,1-5H3/t27-,29-/m1/s1. The number of methoxy groups -OCH3 is 1. The number of nitrogens with zero attached hydrogens (tertiary/aromatic N) is 3. The van der Waals surface area contributed by atoms with Crippen molar-refractivity contribution in [3.05, 3.63) is 91.1 Å². The van der Waals surface area contributed by atoms with Crippen LogP contribution in [0.5, 0.6) is 5.88 Å². The van der Waals surface area contributed by atoms with E-state index in [0.717, 1.165) is 31.4 Å². The molecule has 0 saturated heterocycles. The largest absolute Gasteiger partial charge is 0.481 e. The third-order valence-corrected chi connectivity index (χ3v) is 8.05. The molecule has 2 heterocycles. The van der Waals surface area contributed by atoms with Crippen LogP contribution in [0.25, 0.3) is 10.9 Å². The van der Waals surface area contributed by atoms with Crippen LogP contribution in [0.2, 0.25) is 0 Å². The highest BCUT2D eigenvalue weighted by Gasteiger charge is 2.43. The summed E-state index contributed by atoms with van der Waals surface area (Å²) in [6, 6.07) is 19.7. The number of rotatable bonds is 8. The number of thiophene rings is 1. The number of benzene rings is 2. The number of nitriles is 1. The molecule has 0 radical (unpaired) electrons. The van der Waals surface area contributed by atoms with E-state index in [1.54, 1.807) is 30.6 Å². The van der Waals surface area contributed by atoms with Gasteiger partial charge < -0.3 is 14.7 Å². The molecule has 4 aromatic rings. The zero-order chi connectivity index (χ0) is 26.0. The Hall–Kier alpha value is -2.76. The monoisotopic (exact) mass is 563 g/mol. The Morgan fingerprint density at radius 1 is 1.14 bits per heavy atom. The zero-order valence-corrected chi connectivity index (χ0v) is 23.6. The van der Waals surface area contributed by atoms with Gasteiger partial charge in [-0.15, -0.1) is 11.3 Å². The van der Waals surface area contributed by atoms with Gasteiger partial charge in [-0.1, -0.05) is 28.1 Å². The molecule has 186 valence electrons. The molecule has 0 unspecified atom stereocenters. The maximum absolute atomic E-state index is 12.8. The van der Waals surface area contributed by atoms with Crippen LogP contribution in [0.4, 0.5) is 0 Å². The first kappa shape index (κ1) is 26.3. The number of aromatic nitrogens is 1. The summed E-state index contributed by atoms with van der Waals surface area (Å²) < 4.78 is 6.80. The Morgan fingerprint density at radius 3 is 2.56 bits per heavy atom. The first-order valence-electron chi connectivity index (χ1n) is 11.7. The van der Waals surface area contributed by atoms with Crippen molar-refractivity contribution in [3.63, 3.8) is 0 Å². The Morgan fingerprint density at radius 2 is 1.92 bits per heavy atom. The molecule has 0 spiro atoms. The first-order valence-corrected chi connectivity index (χ1v) is 13.4. The highest BCUT2D eigenvalue weighted by molar-refractivity contribution is 9.10. The summed E-state index contributed by atoms with van der Waals surface area (Å²) in [5, 5.41) is 23.3. The molecule has 0 aliphatic carbocycles. The quantitative estimate of drug-likeness (QED) is 0.264. The van der Waals surface area contributed by atoms with Crippen molar-refractivity contribution in [2.24, 2.45) is 0 Å². The second-order valence-corrected chi connectivity index (χ2v) is 11.8. The van der Waals surface area contributed by atoms with Crippen molar-refractivity contribution in [3.8, 4) is 11.9 Å². The summed E-state index contributed by atoms with van der Waals surface area (Å²) in [5.74, 6) is 0.0139. The van der Waals surface area contributed by atoms with Crippen LogP contribution < -0.4 is 4.74 Å². The fourth-order valence-electron chi connectivity index (χ4n) is 4.84. The van der Waals surface area contributed by atoms with Gasteiger partial charge in [0.15, 0.2) is 0 Å². The molecule has 2 atom stereocenters. The van der Waals surface area contributed by atoms with E-state index < -0.39 is 11.5 Å². The third-order valence-electron chi connectivity index (χ3n) is 6.57. The maximum Gasteiger partial charge on any atom is 0.217 e. The van der Waals surface area contributed by atoms with Gasteiger partial charge >= 0.3 is 0 Å². The lowest BCUT2D eigenvalue weighted by atomic mass is 9.71. The fourth-order valence-corrected chi connectivity index (χ4v) is 6.19. The van der Waals surface area contributed by atoms with Crippen LogP contribution in [0.1, 0.15) is 44.3 Å². The number of pyridine rings is 1. The molecule has 2 aromatic heterocycles. The predicted molar refractivity (Wildman–Crippen MR) is 150 cm³/mol. The maximum atomic E-state index is 12.8. The highest BCUT2D eigenvalue weighted by Crippen LogP contribution is 2.49. The van der Waals surface area contributed by atoms with Crippen molar-refractivity contribution in [1.82, 2.24) is 9.88 Å². The number of halogens is 1. The van der Waals surface area contributed by atoms with E-state index in [1.807, 2.05) is 44.4 Å². The average molecular weight is 565 g/mol. The van der Waals surface area contributed by atoms with E-state index in [4.69, 9.17) is 9.72 Å². The summed E-state index contributed by atoms with van der Waals surface area (Å²) in [4.78, 5) is 9.21. The summed E-state index contributed by atoms with van der Waals surface area (Å²) in [6.07, 6.45) is 0.452. The van der Waals surface area contributed by atoms with Crippen LogP contribution in [-0.4, -0.2) is 42.7 Å². The molecule has 7 heteroatoms. The molecule has 0 bridgehead atoms. The van der Waals surface area contributed by atoms with Crippen molar-refractivity contribution < 1.29 is 9.84 Å². The van der Waals surface area contributed by atoms with Gasteiger partial charge in [0, 0.05) is 37.6 Å². The smallest absolute Gasteiger partial charge is 0.217 e. The molecule has 5 nitrogen and oxygen atoms in total. The van der Waals surface area contributed by atoms with E-state index in [-0.39, 0.29) is 0 Å². The van der Waals surface area contributed by atoms with E-state index >= 15 is 0 Å². The van der Waals surface area contributed by atoms with Crippen LogP contribution in [0.15, 0.2) is 59.1 Å². The summed E-state index contributed by atoms with van der Waals surface area (Å²) in [5.41, 5.74) is 2.56. The lowest BCUT2D eigenvalue weighted by Crippen LogP contribution is -2.38. The first-order chi connectivity index (χ1) is 17.2. The van der Waals surface area contributed by atoms with Gasteiger partial charge in [0.2, 0.25) is 5.88 Å². The molecule has 4 rings (SSSR count). The van der Waals surface area contributed by atoms with Gasteiger partial charge in [-0.25, -0.2) is 4.98 Å². The predicted octanol–water partition coefficient (Wildman–Crippen LogP) is 6.53. The van der Waals surface area contributed by atoms with E-state index in [9.17, 15) is 10.4 Å². The van der Waals surface area contributed by atoms with E-state index in [2.05, 4.69) is 52.9 Å². The number of fused-ring (bicyclic) bond motifs is 1. The minimum absolute atomic E-state index is 0.452. The van der Waals surface area contributed by atoms with Gasteiger partial charge in [-0.3, -0.25) is 0 Å². The molecule has 0 fully saturated rings. The Balaban J connectivity index is 2.07. The van der Waals surface area contributed by atoms with Crippen molar-refractivity contribution in [2.45, 2.75) is 31.8 Å². The van der Waals surface area contributed by atoms with Crippen LogP contribution >= 0.6 is 27.3 Å². The number of aliphatic hydroxyl groups is 1. The molecular weight excluding hydrogens is 534 g/mol. The van der Waals surface area contributed by atoms with E-state index in [0.29, 0.717) is 30.0 Å². The average Bonchev–Trinajstić information content (AvgIpc) is 3.19. The number of aryl methyl sites for hydroxylation is 2. The SMILES string of the molecule is COc1nc2ccc(Br)cc2cc1[C@@H](c1cc(C)sc1C)[C@@](O)(CCN(C)C)c1cccc(C#N)c1. The van der Waals surface area contributed by atoms with Crippen LogP contribution in [-0.2, 0) is 5.60 Å². The second kappa shape index (κ2) is 10.7. The topological polar surface area (TPSA) is 69.4 Å². The second-order valence-electron chi connectivity index (χ2n) is 9.40. The number of hydrogen-bond acceptors (Lipinski definition) is 6. The zero-order valence-electron chi connectivity index (χ0n) is 21.2. The van der Waals surface area contributed by atoms with Crippen molar-refractivity contribution in [2.75, 3.05) is 27.7 Å². The molecule has 0 aliphatic heterocycles. The van der Waals surface area contributed by atoms with Gasteiger partial charge in [0.25, 0.3) is 0 Å². The molecule has 0 amide bonds. The van der Waals surface area contributed by atoms with Crippen molar-refractivity contribution in [1.29, 1.82) is 5.26 Å². The van der Waals surface area contributed by atoms with Gasteiger partial charge in [-0.2, -0.15) is 5.26 Å². The fraction of sp³-hybridized carbons (Fsp3) is 0.310. The van der Waals surface area contributed by atoms with Crippen LogP contribution in [0.3, 0.4) is 0 Å². The van der Waals surface area contributed by atoms with Gasteiger partial charge in [-0.05, 0) is 88.0 Å². The van der Waals surface area contributed by atoms with Crippen LogP contribution in [0, 0.1) is 25.2 Å². The van der Waals surface area contributed by atoms with Gasteiger partial charge in [0.05, 0.1) is 24.3 Å². The van der Waals surface area contributed by atoms with E-state index in [1.165, 1.54) is 4.88 Å². The summed E-state index contributed by atoms with van der Waals surface area (Å²) in [6.45, 7) is 4.83.